The molecule has 7 nitrogen and oxygen atoms in total. The van der Waals surface area contributed by atoms with Crippen LogP contribution in [-0.2, 0) is 19.9 Å². The summed E-state index contributed by atoms with van der Waals surface area (Å²) < 4.78 is 46.6. The Morgan fingerprint density at radius 1 is 1.29 bits per heavy atom. The molecule has 0 saturated carbocycles. The van der Waals surface area contributed by atoms with Crippen LogP contribution in [-0.4, -0.2) is 73.9 Å². The second-order valence-corrected chi connectivity index (χ2v) is 8.75. The van der Waals surface area contributed by atoms with Crippen molar-refractivity contribution < 1.29 is 27.0 Å². The number of nitrogens with zero attached hydrogens (tertiary/aromatic N) is 1. The van der Waals surface area contributed by atoms with Crippen LogP contribution in [0.5, 0.6) is 0 Å². The van der Waals surface area contributed by atoms with Crippen molar-refractivity contribution in [3.8, 4) is 0 Å². The maximum absolute atomic E-state index is 11.5. The Balaban J connectivity index is 3.22. The molecule has 1 rings (SSSR count). The Labute approximate surface area is 101 Å². The highest BCUT2D eigenvalue weighted by Gasteiger charge is 2.55. The van der Waals surface area contributed by atoms with E-state index < -0.39 is 43.4 Å². The Morgan fingerprint density at radius 2 is 1.76 bits per heavy atom. The molecule has 0 bridgehead atoms. The van der Waals surface area contributed by atoms with E-state index in [0.29, 0.717) is 0 Å². The zero-order valence-electron chi connectivity index (χ0n) is 9.86. The fourth-order valence-corrected chi connectivity index (χ4v) is 4.37. The third-order valence-corrected chi connectivity index (χ3v) is 5.87. The largest absolute Gasteiger partial charge is 0.390 e. The normalized spacial score (nSPS) is 33.8. The first-order chi connectivity index (χ1) is 7.39. The molecule has 0 aliphatic carbocycles. The van der Waals surface area contributed by atoms with Gasteiger partial charge in [0.05, 0.1) is 12.4 Å². The molecule has 1 aliphatic rings. The van der Waals surface area contributed by atoms with Gasteiger partial charge >= 0.3 is 0 Å². The summed E-state index contributed by atoms with van der Waals surface area (Å²) in [5.74, 6) is 0. The summed E-state index contributed by atoms with van der Waals surface area (Å²) in [6, 6.07) is 0. The zero-order chi connectivity index (χ0) is 13.6. The van der Waals surface area contributed by atoms with E-state index in [1.54, 1.807) is 0 Å². The standard InChI is InChI=1S/C8H17NO6S2/c1-6(10)8(11)5-9(17(3,14)15)4-7(8)16(2,12)13/h6-7,10-11H,4-5H2,1-3H3/t6-,7+,8-/m1/s1. The topological polar surface area (TPSA) is 112 Å². The molecule has 1 saturated heterocycles. The summed E-state index contributed by atoms with van der Waals surface area (Å²) in [7, 11) is -7.27. The highest BCUT2D eigenvalue weighted by atomic mass is 32.2. The van der Waals surface area contributed by atoms with Gasteiger partial charge in [0.2, 0.25) is 10.0 Å². The molecule has 1 aliphatic heterocycles. The Bertz CT molecular complexity index is 496. The third kappa shape index (κ3) is 2.79. The molecule has 1 fully saturated rings. The molecular formula is C8H17NO6S2. The number of sulfonamides is 1. The Kier molecular flexibility index (Phi) is 3.63. The molecule has 17 heavy (non-hydrogen) atoms. The number of hydrogen-bond donors (Lipinski definition) is 2. The molecule has 0 radical (unpaired) electrons. The maximum Gasteiger partial charge on any atom is 0.211 e. The van der Waals surface area contributed by atoms with Crippen molar-refractivity contribution >= 4 is 19.9 Å². The fourth-order valence-electron chi connectivity index (χ4n) is 1.95. The SMILES string of the molecule is C[C@@H](O)[C@]1(O)CN(S(C)(=O)=O)C[C@@H]1S(C)(=O)=O. The maximum atomic E-state index is 11.5. The predicted octanol–water partition coefficient (Wildman–Crippen LogP) is -2.21. The quantitative estimate of drug-likeness (QED) is 0.608. The molecular weight excluding hydrogens is 270 g/mol. The smallest absolute Gasteiger partial charge is 0.211 e. The summed E-state index contributed by atoms with van der Waals surface area (Å²) in [4.78, 5) is 0. The van der Waals surface area contributed by atoms with Crippen LogP contribution >= 0.6 is 0 Å². The van der Waals surface area contributed by atoms with Gasteiger partial charge in [-0.3, -0.25) is 0 Å². The van der Waals surface area contributed by atoms with Gasteiger partial charge in [-0.05, 0) is 6.92 Å². The number of aliphatic hydroxyl groups is 2. The van der Waals surface area contributed by atoms with E-state index >= 15 is 0 Å². The number of sulfone groups is 1. The van der Waals surface area contributed by atoms with Crippen LogP contribution in [0, 0.1) is 0 Å². The van der Waals surface area contributed by atoms with Gasteiger partial charge in [0.15, 0.2) is 9.84 Å². The molecule has 0 aromatic carbocycles. The first kappa shape index (κ1) is 14.8. The minimum atomic E-state index is -3.66. The van der Waals surface area contributed by atoms with Crippen molar-refractivity contribution in [3.63, 3.8) is 0 Å². The van der Waals surface area contributed by atoms with E-state index in [0.717, 1.165) is 16.8 Å². The second kappa shape index (κ2) is 4.16. The van der Waals surface area contributed by atoms with E-state index in [4.69, 9.17) is 0 Å². The average Bonchev–Trinajstić information content (AvgIpc) is 2.42. The second-order valence-electron chi connectivity index (χ2n) is 4.54. The number of aliphatic hydroxyl groups excluding tert-OH is 1. The molecule has 102 valence electrons. The van der Waals surface area contributed by atoms with E-state index in [9.17, 15) is 27.0 Å². The average molecular weight is 287 g/mol. The third-order valence-electron chi connectivity index (χ3n) is 3.07. The van der Waals surface area contributed by atoms with E-state index in [-0.39, 0.29) is 6.54 Å². The lowest BCUT2D eigenvalue weighted by molar-refractivity contribution is -0.0512. The molecule has 3 atom stereocenters. The fraction of sp³-hybridized carbons (Fsp3) is 1.00. The minimum absolute atomic E-state index is 0.334. The van der Waals surface area contributed by atoms with Crippen molar-refractivity contribution in [2.24, 2.45) is 0 Å². The Morgan fingerprint density at radius 3 is 2.00 bits per heavy atom. The van der Waals surface area contributed by atoms with Crippen molar-refractivity contribution in [2.75, 3.05) is 25.6 Å². The lowest BCUT2D eigenvalue weighted by Gasteiger charge is -2.30. The molecule has 9 heteroatoms. The van der Waals surface area contributed by atoms with Crippen molar-refractivity contribution in [1.82, 2.24) is 4.31 Å². The van der Waals surface area contributed by atoms with Gasteiger partial charge in [0, 0.05) is 19.3 Å². The number of rotatable bonds is 3. The Hall–Kier alpha value is -0.220. The highest BCUT2D eigenvalue weighted by molar-refractivity contribution is 7.91. The molecule has 1 heterocycles. The van der Waals surface area contributed by atoms with Crippen molar-refractivity contribution in [1.29, 1.82) is 0 Å². The van der Waals surface area contributed by atoms with Crippen LogP contribution in [0.25, 0.3) is 0 Å². The van der Waals surface area contributed by atoms with Crippen LogP contribution in [0.3, 0.4) is 0 Å². The summed E-state index contributed by atoms with van der Waals surface area (Å²) >= 11 is 0. The van der Waals surface area contributed by atoms with Crippen LogP contribution in [0.4, 0.5) is 0 Å². The molecule has 0 aromatic heterocycles. The van der Waals surface area contributed by atoms with Crippen molar-refractivity contribution in [2.45, 2.75) is 23.9 Å². The molecule has 0 spiro atoms. The van der Waals surface area contributed by atoms with Gasteiger partial charge in [-0.2, -0.15) is 4.31 Å². The zero-order valence-corrected chi connectivity index (χ0v) is 11.5. The summed E-state index contributed by atoms with van der Waals surface area (Å²) in [5, 5.41) is 18.3. The molecule has 0 amide bonds. The van der Waals surface area contributed by atoms with Gasteiger partial charge in [-0.15, -0.1) is 0 Å². The van der Waals surface area contributed by atoms with Gasteiger partial charge < -0.3 is 10.2 Å². The summed E-state index contributed by atoms with van der Waals surface area (Å²) in [6.07, 6.45) is 0.505. The molecule has 0 unspecified atom stereocenters. The van der Waals surface area contributed by atoms with Gasteiger partial charge in [-0.25, -0.2) is 16.8 Å². The summed E-state index contributed by atoms with van der Waals surface area (Å²) in [6.45, 7) is 0.490. The lowest BCUT2D eigenvalue weighted by atomic mass is 9.97. The van der Waals surface area contributed by atoms with Crippen LogP contribution < -0.4 is 0 Å². The first-order valence-electron chi connectivity index (χ1n) is 4.93. The van der Waals surface area contributed by atoms with E-state index in [2.05, 4.69) is 0 Å². The molecule has 2 N–H and O–H groups in total. The lowest BCUT2D eigenvalue weighted by Crippen LogP contribution is -2.53. The van der Waals surface area contributed by atoms with Crippen LogP contribution in [0.2, 0.25) is 0 Å². The number of β-amino-alcohol motifs (C(OH)–C–C–N with tert-alkyl or cyclic N) is 1. The minimum Gasteiger partial charge on any atom is -0.390 e. The predicted molar refractivity (Wildman–Crippen MR) is 61.7 cm³/mol. The van der Waals surface area contributed by atoms with Crippen LogP contribution in [0.1, 0.15) is 6.92 Å². The number of hydrogen-bond acceptors (Lipinski definition) is 6. The molecule has 0 aromatic rings. The summed E-state index contributed by atoms with van der Waals surface area (Å²) in [5.41, 5.74) is -1.96. The van der Waals surface area contributed by atoms with Gasteiger partial charge in [0.1, 0.15) is 10.9 Å². The van der Waals surface area contributed by atoms with Gasteiger partial charge in [0.25, 0.3) is 0 Å². The van der Waals surface area contributed by atoms with E-state index in [1.807, 2.05) is 0 Å². The highest BCUT2D eigenvalue weighted by Crippen LogP contribution is 2.31. The van der Waals surface area contributed by atoms with Gasteiger partial charge in [-0.1, -0.05) is 0 Å². The van der Waals surface area contributed by atoms with Crippen LogP contribution in [0.15, 0.2) is 0 Å². The first-order valence-corrected chi connectivity index (χ1v) is 8.74. The monoisotopic (exact) mass is 287 g/mol. The van der Waals surface area contributed by atoms with Crippen molar-refractivity contribution in [3.05, 3.63) is 0 Å². The van der Waals surface area contributed by atoms with E-state index in [1.165, 1.54) is 6.92 Å².